The fourth-order valence-corrected chi connectivity index (χ4v) is 0.643. The zero-order valence-electron chi connectivity index (χ0n) is 10.1. The second-order valence-corrected chi connectivity index (χ2v) is 2.99. The molecular weight excluding hydrogens is 296 g/mol. The van der Waals surface area contributed by atoms with E-state index in [1.165, 1.54) is 0 Å². The molecule has 9 nitrogen and oxygen atoms in total. The molecule has 18 heavy (non-hydrogen) atoms. The van der Waals surface area contributed by atoms with E-state index in [9.17, 15) is 9.59 Å². The average Bonchev–Trinajstić information content (AvgIpc) is 2.24. The fourth-order valence-electron chi connectivity index (χ4n) is 0.643. The van der Waals surface area contributed by atoms with Gasteiger partial charge in [-0.05, 0) is 12.8 Å². The zero-order valence-corrected chi connectivity index (χ0v) is 13.0. The number of carbonyl (C=O) groups is 2. The normalized spacial score (nSPS) is 10.1. The van der Waals surface area contributed by atoms with Crippen LogP contribution >= 0.6 is 0 Å². The third-order valence-corrected chi connectivity index (χ3v) is 1.46. The van der Waals surface area contributed by atoms with Gasteiger partial charge >= 0.3 is 11.9 Å². The van der Waals surface area contributed by atoms with Gasteiger partial charge in [-0.2, -0.15) is 0 Å². The summed E-state index contributed by atoms with van der Waals surface area (Å²) >= 11 is 0. The first-order chi connectivity index (χ1) is 7.81. The maximum absolute atomic E-state index is 10.2. The molecule has 0 spiro atoms. The fraction of sp³-hybridized carbons (Fsp3) is 0.625. The van der Waals surface area contributed by atoms with Crippen molar-refractivity contribution in [1.29, 1.82) is 0 Å². The first-order valence-corrected chi connectivity index (χ1v) is 4.76. The first-order valence-electron chi connectivity index (χ1n) is 4.76. The maximum atomic E-state index is 10.2. The Kier molecular flexibility index (Phi) is 16.9. The smallest absolute Gasteiger partial charge is 0.320 e. The van der Waals surface area contributed by atoms with Gasteiger partial charge in [0.25, 0.3) is 0 Å². The Hall–Kier alpha value is -1.25. The van der Waals surface area contributed by atoms with Crippen molar-refractivity contribution in [3.8, 4) is 0 Å². The van der Waals surface area contributed by atoms with Crippen LogP contribution in [0, 0.1) is 0 Å². The Morgan fingerprint density at radius 1 is 1.22 bits per heavy atom. The molecule has 0 unspecified atom stereocenters. The summed E-state index contributed by atoms with van der Waals surface area (Å²) in [7, 11) is 0. The minimum absolute atomic E-state index is 0. The molecule has 10 heteroatoms. The molecule has 0 saturated carbocycles. The SMILES string of the molecule is NC(N)=NCCC[C@H](N)C(=O)O.NCC(=O)O.[Zn]. The number of carboxylic acid groups (broad SMARTS) is 2. The molecule has 1 atom stereocenters. The molecule has 0 aliphatic carbocycles. The maximum Gasteiger partial charge on any atom is 0.320 e. The molecule has 10 N–H and O–H groups in total. The Labute approximate surface area is 117 Å². The monoisotopic (exact) mass is 313 g/mol. The zero-order chi connectivity index (χ0) is 13.8. The van der Waals surface area contributed by atoms with E-state index in [-0.39, 0.29) is 32.0 Å². The predicted molar refractivity (Wildman–Crippen MR) is 62.2 cm³/mol. The van der Waals surface area contributed by atoms with Crippen LogP contribution in [0.3, 0.4) is 0 Å². The summed E-state index contributed by atoms with van der Waals surface area (Å²) in [6.45, 7) is 0.142. The van der Waals surface area contributed by atoms with Crippen LogP contribution in [0.25, 0.3) is 0 Å². The molecular formula is C8H19N5O4Zn. The summed E-state index contributed by atoms with van der Waals surface area (Å²) < 4.78 is 0. The van der Waals surface area contributed by atoms with Crippen molar-refractivity contribution in [3.63, 3.8) is 0 Å². The van der Waals surface area contributed by atoms with Crippen molar-refractivity contribution >= 4 is 17.9 Å². The Bertz CT molecular complexity index is 270. The Morgan fingerprint density at radius 3 is 1.94 bits per heavy atom. The number of aliphatic carboxylic acids is 2. The van der Waals surface area contributed by atoms with Crippen LogP contribution in [0.5, 0.6) is 0 Å². The van der Waals surface area contributed by atoms with Crippen molar-refractivity contribution in [3.05, 3.63) is 0 Å². The average molecular weight is 315 g/mol. The van der Waals surface area contributed by atoms with Crippen LogP contribution in [-0.4, -0.2) is 47.2 Å². The van der Waals surface area contributed by atoms with Crippen molar-refractivity contribution < 1.29 is 39.3 Å². The van der Waals surface area contributed by atoms with Gasteiger partial charge in [0.1, 0.15) is 6.04 Å². The van der Waals surface area contributed by atoms with Crippen LogP contribution in [0.4, 0.5) is 0 Å². The van der Waals surface area contributed by atoms with E-state index in [2.05, 4.69) is 10.7 Å². The van der Waals surface area contributed by atoms with Gasteiger partial charge in [0.15, 0.2) is 5.96 Å². The number of carboxylic acids is 2. The largest absolute Gasteiger partial charge is 0.480 e. The Balaban J connectivity index is -0.000000321. The molecule has 0 aromatic rings. The van der Waals surface area contributed by atoms with Crippen LogP contribution in [0.2, 0.25) is 0 Å². The van der Waals surface area contributed by atoms with Gasteiger partial charge in [-0.25, -0.2) is 0 Å². The second kappa shape index (κ2) is 13.8. The van der Waals surface area contributed by atoms with E-state index in [1.807, 2.05) is 0 Å². The molecule has 0 saturated heterocycles. The number of hydrogen-bond acceptors (Lipinski definition) is 5. The van der Waals surface area contributed by atoms with Gasteiger partial charge in [-0.1, -0.05) is 0 Å². The molecule has 0 aromatic carbocycles. The number of rotatable bonds is 6. The quantitative estimate of drug-likeness (QED) is 0.134. The van der Waals surface area contributed by atoms with Gasteiger partial charge in [-0.3, -0.25) is 14.6 Å². The van der Waals surface area contributed by atoms with E-state index < -0.39 is 18.0 Å². The van der Waals surface area contributed by atoms with Gasteiger partial charge in [0, 0.05) is 26.0 Å². The topological polar surface area (TPSA) is 191 Å². The summed E-state index contributed by atoms with van der Waals surface area (Å²) in [5.41, 5.74) is 19.9. The summed E-state index contributed by atoms with van der Waals surface area (Å²) in [5.74, 6) is -1.96. The first kappa shape index (κ1) is 22.0. The minimum atomic E-state index is -1.00. The molecule has 0 aliphatic heterocycles. The summed E-state index contributed by atoms with van der Waals surface area (Å²) in [6.07, 6.45) is 0.956. The predicted octanol–water partition coefficient (Wildman–Crippen LogP) is -2.52. The van der Waals surface area contributed by atoms with E-state index in [1.54, 1.807) is 0 Å². The van der Waals surface area contributed by atoms with Crippen molar-refractivity contribution in [2.45, 2.75) is 18.9 Å². The Morgan fingerprint density at radius 2 is 1.67 bits per heavy atom. The van der Waals surface area contributed by atoms with Gasteiger partial charge in [0.2, 0.25) is 0 Å². The molecule has 0 bridgehead atoms. The van der Waals surface area contributed by atoms with Gasteiger partial charge < -0.3 is 33.1 Å². The molecule has 102 valence electrons. The minimum Gasteiger partial charge on any atom is -0.480 e. The molecule has 0 rings (SSSR count). The van der Waals surface area contributed by atoms with Crippen LogP contribution < -0.4 is 22.9 Å². The number of guanidine groups is 1. The van der Waals surface area contributed by atoms with E-state index >= 15 is 0 Å². The summed E-state index contributed by atoms with van der Waals surface area (Å²) in [6, 6.07) is -0.820. The molecule has 0 fully saturated rings. The van der Waals surface area contributed by atoms with Crippen molar-refractivity contribution in [2.24, 2.45) is 27.9 Å². The third-order valence-electron chi connectivity index (χ3n) is 1.46. The van der Waals surface area contributed by atoms with E-state index in [0.717, 1.165) is 0 Å². The molecule has 0 radical (unpaired) electrons. The number of nitrogens with zero attached hydrogens (tertiary/aromatic N) is 1. The molecule has 0 amide bonds. The number of nitrogens with two attached hydrogens (primary N) is 4. The standard InChI is InChI=1S/C6H14N4O2.C2H5NO2.Zn/c7-4(5(11)12)2-1-3-10-6(8)9;3-1-2(4)5;/h4H,1-3,7H2,(H,11,12)(H4,8,9,10);1,3H2,(H,4,5);/t4-;;/m0../s1. The van der Waals surface area contributed by atoms with Crippen molar-refractivity contribution in [2.75, 3.05) is 13.1 Å². The second-order valence-electron chi connectivity index (χ2n) is 2.99. The molecule has 0 aliphatic rings. The summed E-state index contributed by atoms with van der Waals surface area (Å²) in [4.78, 5) is 23.1. The van der Waals surface area contributed by atoms with Gasteiger partial charge in [-0.15, -0.1) is 0 Å². The number of hydrogen-bond donors (Lipinski definition) is 6. The molecule has 0 heterocycles. The van der Waals surface area contributed by atoms with E-state index in [4.69, 9.17) is 27.4 Å². The van der Waals surface area contributed by atoms with Gasteiger partial charge in [0.05, 0.1) is 6.54 Å². The third kappa shape index (κ3) is 20.2. The van der Waals surface area contributed by atoms with E-state index in [0.29, 0.717) is 19.4 Å². The number of aliphatic imine (C=N–C) groups is 1. The van der Waals surface area contributed by atoms with Crippen LogP contribution in [0.15, 0.2) is 4.99 Å². The van der Waals surface area contributed by atoms with Crippen molar-refractivity contribution in [1.82, 2.24) is 0 Å². The summed E-state index contributed by atoms with van der Waals surface area (Å²) in [5, 5.41) is 16.0. The van der Waals surface area contributed by atoms with Crippen LogP contribution in [-0.2, 0) is 29.1 Å². The molecule has 0 aromatic heterocycles. The van der Waals surface area contributed by atoms with Crippen LogP contribution in [0.1, 0.15) is 12.8 Å².